The minimum Gasteiger partial charge on any atom is -0.380 e. The first-order valence-electron chi connectivity index (χ1n) is 5.82. The van der Waals surface area contributed by atoms with Crippen LogP contribution in [0.4, 0.5) is 23.2 Å². The lowest BCUT2D eigenvalue weighted by Gasteiger charge is -2.13. The Morgan fingerprint density at radius 3 is 2.43 bits per heavy atom. The Morgan fingerprint density at radius 2 is 1.81 bits per heavy atom. The van der Waals surface area contributed by atoms with Crippen LogP contribution in [0.15, 0.2) is 40.9 Å². The third-order valence-electron chi connectivity index (χ3n) is 2.76. The fraction of sp³-hybridized carbons (Fsp3) is 0.143. The first kappa shape index (κ1) is 16.1. The van der Waals surface area contributed by atoms with Crippen molar-refractivity contribution in [3.8, 4) is 0 Å². The molecule has 112 valence electrons. The van der Waals surface area contributed by atoms with Crippen LogP contribution in [0.2, 0.25) is 5.02 Å². The van der Waals surface area contributed by atoms with E-state index in [0.29, 0.717) is 15.7 Å². The molecule has 0 aromatic heterocycles. The van der Waals surface area contributed by atoms with Crippen LogP contribution in [-0.2, 0) is 12.7 Å². The van der Waals surface area contributed by atoms with Gasteiger partial charge in [-0.25, -0.2) is 4.39 Å². The van der Waals surface area contributed by atoms with Gasteiger partial charge in [-0.1, -0.05) is 17.7 Å². The summed E-state index contributed by atoms with van der Waals surface area (Å²) in [5.41, 5.74) is 0.210. The van der Waals surface area contributed by atoms with Crippen molar-refractivity contribution in [1.29, 1.82) is 0 Å². The van der Waals surface area contributed by atoms with Gasteiger partial charge in [-0.15, -0.1) is 0 Å². The molecule has 2 aromatic rings. The summed E-state index contributed by atoms with van der Waals surface area (Å²) in [4.78, 5) is 0. The summed E-state index contributed by atoms with van der Waals surface area (Å²) in [5.74, 6) is -0.541. The van der Waals surface area contributed by atoms with Crippen molar-refractivity contribution in [2.45, 2.75) is 12.7 Å². The van der Waals surface area contributed by atoms with Crippen molar-refractivity contribution in [2.75, 3.05) is 5.32 Å². The van der Waals surface area contributed by atoms with Crippen LogP contribution in [0.5, 0.6) is 0 Å². The SMILES string of the molecule is Fc1ccc(CNc2cc(C(F)(F)F)ccc2Br)cc1Cl. The van der Waals surface area contributed by atoms with E-state index in [1.165, 1.54) is 24.3 Å². The highest BCUT2D eigenvalue weighted by atomic mass is 79.9. The summed E-state index contributed by atoms with van der Waals surface area (Å²) in [6.07, 6.45) is -4.41. The van der Waals surface area contributed by atoms with Crippen LogP contribution in [0.1, 0.15) is 11.1 Å². The summed E-state index contributed by atoms with van der Waals surface area (Å²) in [7, 11) is 0. The number of benzene rings is 2. The lowest BCUT2D eigenvalue weighted by molar-refractivity contribution is -0.137. The Hall–Kier alpha value is -1.27. The number of nitrogens with one attached hydrogen (secondary N) is 1. The second kappa shape index (κ2) is 6.23. The molecule has 0 unspecified atom stereocenters. The molecule has 0 bridgehead atoms. The molecule has 1 N–H and O–H groups in total. The van der Waals surface area contributed by atoms with Crippen LogP contribution < -0.4 is 5.32 Å². The Morgan fingerprint density at radius 1 is 1.10 bits per heavy atom. The molecule has 0 atom stereocenters. The van der Waals surface area contributed by atoms with Gasteiger partial charge >= 0.3 is 6.18 Å². The van der Waals surface area contributed by atoms with E-state index in [4.69, 9.17) is 11.6 Å². The van der Waals surface area contributed by atoms with Gasteiger partial charge in [-0.05, 0) is 51.8 Å². The van der Waals surface area contributed by atoms with Crippen molar-refractivity contribution in [2.24, 2.45) is 0 Å². The molecule has 21 heavy (non-hydrogen) atoms. The average molecular weight is 383 g/mol. The minimum absolute atomic E-state index is 0.0302. The van der Waals surface area contributed by atoms with Gasteiger partial charge in [-0.3, -0.25) is 0 Å². The maximum atomic E-state index is 13.0. The molecular formula is C14H9BrClF4N. The van der Waals surface area contributed by atoms with E-state index in [1.807, 2.05) is 0 Å². The number of hydrogen-bond acceptors (Lipinski definition) is 1. The molecule has 0 saturated carbocycles. The maximum absolute atomic E-state index is 13.0. The average Bonchev–Trinajstić information content (AvgIpc) is 2.40. The highest BCUT2D eigenvalue weighted by Gasteiger charge is 2.30. The molecule has 2 aromatic carbocycles. The van der Waals surface area contributed by atoms with Crippen LogP contribution in [-0.4, -0.2) is 0 Å². The number of halogens is 6. The van der Waals surface area contributed by atoms with Crippen molar-refractivity contribution >= 4 is 33.2 Å². The molecule has 0 saturated heterocycles. The molecule has 1 nitrogen and oxygen atoms in total. The zero-order valence-corrected chi connectivity index (χ0v) is 12.8. The van der Waals surface area contributed by atoms with Gasteiger partial charge < -0.3 is 5.32 Å². The lowest BCUT2D eigenvalue weighted by atomic mass is 10.1. The van der Waals surface area contributed by atoms with Gasteiger partial charge in [0.15, 0.2) is 0 Å². The van der Waals surface area contributed by atoms with Gasteiger partial charge in [0, 0.05) is 16.7 Å². The van der Waals surface area contributed by atoms with E-state index >= 15 is 0 Å². The molecule has 0 fully saturated rings. The Bertz CT molecular complexity index is 658. The largest absolute Gasteiger partial charge is 0.416 e. The first-order chi connectivity index (χ1) is 9.77. The molecule has 7 heteroatoms. The van der Waals surface area contributed by atoms with Crippen molar-refractivity contribution in [1.82, 2.24) is 0 Å². The molecule has 0 aliphatic rings. The third-order valence-corrected chi connectivity index (χ3v) is 3.74. The monoisotopic (exact) mass is 381 g/mol. The highest BCUT2D eigenvalue weighted by Crippen LogP contribution is 2.34. The predicted octanol–water partition coefficient (Wildman–Crippen LogP) is 5.87. The van der Waals surface area contributed by atoms with E-state index in [1.54, 1.807) is 0 Å². The van der Waals surface area contributed by atoms with E-state index in [0.717, 1.165) is 12.1 Å². The molecule has 0 amide bonds. The van der Waals surface area contributed by atoms with Gasteiger partial charge in [0.25, 0.3) is 0 Å². The quantitative estimate of drug-likeness (QED) is 0.654. The summed E-state index contributed by atoms with van der Waals surface area (Å²) < 4.78 is 51.5. The van der Waals surface area contributed by atoms with E-state index in [9.17, 15) is 17.6 Å². The van der Waals surface area contributed by atoms with E-state index in [-0.39, 0.29) is 11.6 Å². The lowest BCUT2D eigenvalue weighted by Crippen LogP contribution is -2.07. The van der Waals surface area contributed by atoms with Crippen LogP contribution >= 0.6 is 27.5 Å². The first-order valence-corrected chi connectivity index (χ1v) is 6.99. The van der Waals surface area contributed by atoms with Gasteiger partial charge in [0.1, 0.15) is 5.82 Å². The predicted molar refractivity (Wildman–Crippen MR) is 77.9 cm³/mol. The highest BCUT2D eigenvalue weighted by molar-refractivity contribution is 9.10. The fourth-order valence-corrected chi connectivity index (χ4v) is 2.27. The van der Waals surface area contributed by atoms with Crippen molar-refractivity contribution < 1.29 is 17.6 Å². The zero-order chi connectivity index (χ0) is 15.6. The van der Waals surface area contributed by atoms with E-state index in [2.05, 4.69) is 21.2 Å². The molecule has 0 heterocycles. The summed E-state index contributed by atoms with van der Waals surface area (Å²) in [6.45, 7) is 0.222. The minimum atomic E-state index is -4.41. The summed E-state index contributed by atoms with van der Waals surface area (Å²) in [5, 5.41) is 2.83. The number of rotatable bonds is 3. The van der Waals surface area contributed by atoms with Crippen molar-refractivity contribution in [3.05, 3.63) is 62.8 Å². The van der Waals surface area contributed by atoms with Crippen molar-refractivity contribution in [3.63, 3.8) is 0 Å². The van der Waals surface area contributed by atoms with Crippen LogP contribution in [0.25, 0.3) is 0 Å². The molecule has 0 spiro atoms. The second-order valence-corrected chi connectivity index (χ2v) is 5.56. The van der Waals surface area contributed by atoms with Gasteiger partial charge in [-0.2, -0.15) is 13.2 Å². The standard InChI is InChI=1S/C14H9BrClF4N/c15-10-3-2-9(14(18,19)20)6-13(10)21-7-8-1-4-12(17)11(16)5-8/h1-6,21H,7H2. The zero-order valence-electron chi connectivity index (χ0n) is 10.4. The maximum Gasteiger partial charge on any atom is 0.416 e. The molecule has 0 aliphatic carbocycles. The Balaban J connectivity index is 2.17. The number of hydrogen-bond donors (Lipinski definition) is 1. The van der Waals surface area contributed by atoms with Crippen LogP contribution in [0, 0.1) is 5.82 Å². The number of alkyl halides is 3. The van der Waals surface area contributed by atoms with E-state index < -0.39 is 17.6 Å². The van der Waals surface area contributed by atoms with Gasteiger partial charge in [0.2, 0.25) is 0 Å². The fourth-order valence-electron chi connectivity index (χ4n) is 1.68. The second-order valence-electron chi connectivity index (χ2n) is 4.29. The Labute approximate surface area is 132 Å². The topological polar surface area (TPSA) is 12.0 Å². The molecule has 0 aliphatic heterocycles. The van der Waals surface area contributed by atoms with Gasteiger partial charge in [0.05, 0.1) is 10.6 Å². The third kappa shape index (κ3) is 4.11. The molecular weight excluding hydrogens is 374 g/mol. The Kier molecular flexibility index (Phi) is 4.78. The summed E-state index contributed by atoms with van der Waals surface area (Å²) in [6, 6.07) is 7.46. The number of anilines is 1. The summed E-state index contributed by atoms with van der Waals surface area (Å²) >= 11 is 8.83. The molecule has 2 rings (SSSR count). The van der Waals surface area contributed by atoms with Crippen LogP contribution in [0.3, 0.4) is 0 Å². The normalized spacial score (nSPS) is 11.5. The molecule has 0 radical (unpaired) electrons. The smallest absolute Gasteiger partial charge is 0.380 e.